The number of aryl methyl sites for hydroxylation is 2. The molecule has 1 amide bonds. The van der Waals surface area contributed by atoms with Gasteiger partial charge in [0.05, 0.1) is 29.0 Å². The molecule has 0 radical (unpaired) electrons. The van der Waals surface area contributed by atoms with Gasteiger partial charge in [-0.05, 0) is 19.8 Å². The van der Waals surface area contributed by atoms with Crippen LogP contribution in [0.3, 0.4) is 0 Å². The molecule has 1 unspecified atom stereocenters. The molecule has 0 aliphatic carbocycles. The van der Waals surface area contributed by atoms with Gasteiger partial charge in [-0.2, -0.15) is 5.10 Å². The van der Waals surface area contributed by atoms with Gasteiger partial charge in [0.15, 0.2) is 0 Å². The first kappa shape index (κ1) is 17.0. The third-order valence-corrected chi connectivity index (χ3v) is 5.52. The van der Waals surface area contributed by atoms with Gasteiger partial charge >= 0.3 is 0 Å². The number of hydrogen-bond donors (Lipinski definition) is 0. The molecule has 4 heterocycles. The Labute approximate surface area is 156 Å². The third kappa shape index (κ3) is 3.29. The van der Waals surface area contributed by atoms with Crippen molar-refractivity contribution in [2.75, 3.05) is 13.1 Å². The molecular weight excluding hydrogens is 348 g/mol. The topological polar surface area (TPSA) is 68.8 Å². The highest BCUT2D eigenvalue weighted by Crippen LogP contribution is 2.27. The molecule has 0 aromatic carbocycles. The zero-order valence-electron chi connectivity index (χ0n) is 15.0. The summed E-state index contributed by atoms with van der Waals surface area (Å²) in [6.07, 6.45) is 7.68. The molecule has 1 aliphatic rings. The Morgan fingerprint density at radius 1 is 1.38 bits per heavy atom. The van der Waals surface area contributed by atoms with Crippen LogP contribution >= 0.6 is 11.3 Å². The standard InChI is InChI=1S/C18H22N6OS/c1-13-16(10-22(2)21-13)18(25)24-6-3-4-14(8-24)17-19-5-7-23(17)9-15-11-26-12-20-15/h5,7,10-12,14H,3-4,6,8-9H2,1-2H3. The SMILES string of the molecule is Cc1nn(C)cc1C(=O)N1CCCC(c2nccn2Cc2cscn2)C1. The molecule has 7 nitrogen and oxygen atoms in total. The molecule has 3 aromatic rings. The number of hydrogen-bond acceptors (Lipinski definition) is 5. The number of rotatable bonds is 4. The Hall–Kier alpha value is -2.48. The van der Waals surface area contributed by atoms with Gasteiger partial charge in [0, 0.05) is 50.0 Å². The van der Waals surface area contributed by atoms with Crippen LogP contribution in [0.5, 0.6) is 0 Å². The van der Waals surface area contributed by atoms with E-state index in [1.807, 2.05) is 43.0 Å². The fourth-order valence-corrected chi connectivity index (χ4v) is 4.21. The second-order valence-electron chi connectivity index (χ2n) is 6.79. The quantitative estimate of drug-likeness (QED) is 0.707. The predicted molar refractivity (Wildman–Crippen MR) is 99.3 cm³/mol. The summed E-state index contributed by atoms with van der Waals surface area (Å²) in [6.45, 7) is 4.10. The van der Waals surface area contributed by atoms with Gasteiger partial charge < -0.3 is 9.47 Å². The van der Waals surface area contributed by atoms with E-state index in [-0.39, 0.29) is 11.8 Å². The summed E-state index contributed by atoms with van der Waals surface area (Å²) in [5.74, 6) is 1.36. The Kier molecular flexibility index (Phi) is 4.58. The molecule has 26 heavy (non-hydrogen) atoms. The Morgan fingerprint density at radius 2 is 2.27 bits per heavy atom. The first-order valence-corrected chi connectivity index (χ1v) is 9.73. The number of carbonyl (C=O) groups excluding carboxylic acids is 1. The molecule has 1 saturated heterocycles. The van der Waals surface area contributed by atoms with Crippen LogP contribution in [-0.4, -0.2) is 48.2 Å². The minimum absolute atomic E-state index is 0.0675. The largest absolute Gasteiger partial charge is 0.338 e. The average Bonchev–Trinajstić information content (AvgIpc) is 3.37. The lowest BCUT2D eigenvalue weighted by Gasteiger charge is -2.32. The monoisotopic (exact) mass is 370 g/mol. The summed E-state index contributed by atoms with van der Waals surface area (Å²) in [6, 6.07) is 0. The van der Waals surface area contributed by atoms with E-state index in [0.29, 0.717) is 12.1 Å². The molecule has 0 saturated carbocycles. The van der Waals surface area contributed by atoms with Gasteiger partial charge in [0.25, 0.3) is 5.91 Å². The number of aromatic nitrogens is 5. The van der Waals surface area contributed by atoms with Gasteiger partial charge in [-0.15, -0.1) is 11.3 Å². The van der Waals surface area contributed by atoms with E-state index >= 15 is 0 Å². The fourth-order valence-electron chi connectivity index (χ4n) is 3.66. The summed E-state index contributed by atoms with van der Waals surface area (Å²) < 4.78 is 3.85. The van der Waals surface area contributed by atoms with E-state index in [1.165, 1.54) is 0 Å². The summed E-state index contributed by atoms with van der Waals surface area (Å²) in [5.41, 5.74) is 4.37. The van der Waals surface area contributed by atoms with Crippen molar-refractivity contribution in [3.05, 3.63) is 52.3 Å². The van der Waals surface area contributed by atoms with Crippen LogP contribution in [-0.2, 0) is 13.6 Å². The lowest BCUT2D eigenvalue weighted by molar-refractivity contribution is 0.0702. The number of piperidine rings is 1. The summed E-state index contributed by atoms with van der Waals surface area (Å²) in [7, 11) is 1.85. The average molecular weight is 370 g/mol. The van der Waals surface area contributed by atoms with Crippen LogP contribution in [0.4, 0.5) is 0 Å². The van der Waals surface area contributed by atoms with Crippen molar-refractivity contribution in [3.63, 3.8) is 0 Å². The maximum Gasteiger partial charge on any atom is 0.257 e. The minimum Gasteiger partial charge on any atom is -0.338 e. The van der Waals surface area contributed by atoms with Crippen molar-refractivity contribution in [1.29, 1.82) is 0 Å². The number of likely N-dealkylation sites (tertiary alicyclic amines) is 1. The predicted octanol–water partition coefficient (Wildman–Crippen LogP) is 2.45. The molecule has 136 valence electrons. The summed E-state index contributed by atoms with van der Waals surface area (Å²) >= 11 is 1.60. The number of carbonyl (C=O) groups is 1. The molecule has 0 bridgehead atoms. The molecule has 1 fully saturated rings. The summed E-state index contributed by atoms with van der Waals surface area (Å²) in [5, 5.41) is 6.36. The first-order valence-electron chi connectivity index (χ1n) is 8.79. The van der Waals surface area contributed by atoms with Gasteiger partial charge in [0.2, 0.25) is 0 Å². The Morgan fingerprint density at radius 3 is 3.00 bits per heavy atom. The smallest absolute Gasteiger partial charge is 0.257 e. The lowest BCUT2D eigenvalue weighted by Crippen LogP contribution is -2.40. The highest BCUT2D eigenvalue weighted by atomic mass is 32.1. The minimum atomic E-state index is 0.0675. The van der Waals surface area contributed by atoms with Crippen LogP contribution in [0.15, 0.2) is 29.5 Å². The number of thiazole rings is 1. The normalized spacial score (nSPS) is 17.6. The molecule has 1 atom stereocenters. The zero-order valence-corrected chi connectivity index (χ0v) is 15.8. The van der Waals surface area contributed by atoms with Crippen LogP contribution < -0.4 is 0 Å². The molecule has 1 aliphatic heterocycles. The molecular formula is C18H22N6OS. The van der Waals surface area contributed by atoms with Gasteiger partial charge in [-0.25, -0.2) is 9.97 Å². The van der Waals surface area contributed by atoms with E-state index in [0.717, 1.165) is 43.1 Å². The molecule has 0 spiro atoms. The molecule has 4 rings (SSSR count). The van der Waals surface area contributed by atoms with E-state index in [1.54, 1.807) is 16.0 Å². The van der Waals surface area contributed by atoms with Crippen molar-refractivity contribution in [2.45, 2.75) is 32.2 Å². The van der Waals surface area contributed by atoms with Crippen molar-refractivity contribution in [2.24, 2.45) is 7.05 Å². The zero-order chi connectivity index (χ0) is 18.1. The van der Waals surface area contributed by atoms with E-state index in [9.17, 15) is 4.79 Å². The highest BCUT2D eigenvalue weighted by Gasteiger charge is 2.29. The highest BCUT2D eigenvalue weighted by molar-refractivity contribution is 7.07. The maximum atomic E-state index is 12.9. The third-order valence-electron chi connectivity index (χ3n) is 4.88. The van der Waals surface area contributed by atoms with Gasteiger partial charge in [-0.1, -0.05) is 0 Å². The summed E-state index contributed by atoms with van der Waals surface area (Å²) in [4.78, 5) is 23.8. The van der Waals surface area contributed by atoms with Crippen LogP contribution in [0.1, 0.15) is 46.3 Å². The van der Waals surface area contributed by atoms with E-state index in [4.69, 9.17) is 0 Å². The number of nitrogens with zero attached hydrogens (tertiary/aromatic N) is 6. The second-order valence-corrected chi connectivity index (χ2v) is 7.50. The molecule has 8 heteroatoms. The van der Waals surface area contributed by atoms with Gasteiger partial charge in [-0.3, -0.25) is 9.48 Å². The van der Waals surface area contributed by atoms with Crippen molar-refractivity contribution >= 4 is 17.2 Å². The molecule has 0 N–H and O–H groups in total. The van der Waals surface area contributed by atoms with Crippen molar-refractivity contribution in [3.8, 4) is 0 Å². The van der Waals surface area contributed by atoms with Crippen molar-refractivity contribution < 1.29 is 4.79 Å². The van der Waals surface area contributed by atoms with E-state index in [2.05, 4.69) is 25.0 Å². The Balaban J connectivity index is 1.51. The lowest BCUT2D eigenvalue weighted by atomic mass is 9.96. The first-order chi connectivity index (χ1) is 12.6. The van der Waals surface area contributed by atoms with Gasteiger partial charge in [0.1, 0.15) is 5.82 Å². The van der Waals surface area contributed by atoms with Crippen LogP contribution in [0, 0.1) is 6.92 Å². The molecule has 3 aromatic heterocycles. The van der Waals surface area contributed by atoms with E-state index < -0.39 is 0 Å². The Bertz CT molecular complexity index is 897. The fraction of sp³-hybridized carbons (Fsp3) is 0.444. The second kappa shape index (κ2) is 7.03. The number of imidazole rings is 1. The van der Waals surface area contributed by atoms with Crippen molar-refractivity contribution in [1.82, 2.24) is 29.2 Å². The van der Waals surface area contributed by atoms with Crippen LogP contribution in [0.2, 0.25) is 0 Å². The maximum absolute atomic E-state index is 12.9. The number of amides is 1. The van der Waals surface area contributed by atoms with Crippen LogP contribution in [0.25, 0.3) is 0 Å².